The summed E-state index contributed by atoms with van der Waals surface area (Å²) < 4.78 is 77.4. The van der Waals surface area contributed by atoms with E-state index in [-0.39, 0.29) is 22.7 Å². The van der Waals surface area contributed by atoms with Gasteiger partial charge in [-0.15, -0.1) is 0 Å². The van der Waals surface area contributed by atoms with Gasteiger partial charge in [-0.1, -0.05) is 42.5 Å². The maximum Gasteiger partial charge on any atom is 0.433 e. The first-order valence-corrected chi connectivity index (χ1v) is 9.39. The number of anilines is 1. The topological polar surface area (TPSA) is 63.1 Å². The van der Waals surface area contributed by atoms with E-state index in [4.69, 9.17) is 0 Å². The second-order valence-corrected chi connectivity index (χ2v) is 6.82. The molecule has 0 aliphatic carbocycles. The minimum atomic E-state index is -4.65. The van der Waals surface area contributed by atoms with Crippen LogP contribution in [-0.4, -0.2) is 21.2 Å². The Bertz CT molecular complexity index is 1300. The number of hydrazone groups is 1. The second kappa shape index (κ2) is 8.49. The molecule has 2 aromatic heterocycles. The van der Waals surface area contributed by atoms with Gasteiger partial charge in [0.05, 0.1) is 17.2 Å². The average Bonchev–Trinajstić information content (AvgIpc) is 2.78. The number of nitrogens with one attached hydrogen (secondary N) is 1. The average molecular weight is 461 g/mol. The lowest BCUT2D eigenvalue weighted by Crippen LogP contribution is -2.09. The summed E-state index contributed by atoms with van der Waals surface area (Å²) in [6.07, 6.45) is -7.85. The SMILES string of the molecule is FC(F)(F)c1ccc(C=NNc2nc(-c3ccccc3)nc3nc(C(F)(F)F)ccc23)cc1. The molecule has 0 saturated carbocycles. The smallest absolute Gasteiger partial charge is 0.261 e. The largest absolute Gasteiger partial charge is 0.433 e. The minimum absolute atomic E-state index is 0.0863. The first kappa shape index (κ1) is 22.2. The maximum atomic E-state index is 13.1. The third kappa shape index (κ3) is 5.08. The quantitative estimate of drug-likeness (QED) is 0.224. The molecule has 0 bridgehead atoms. The normalized spacial score (nSPS) is 12.4. The van der Waals surface area contributed by atoms with Crippen LogP contribution in [0.5, 0.6) is 0 Å². The zero-order valence-corrected chi connectivity index (χ0v) is 16.5. The summed E-state index contributed by atoms with van der Waals surface area (Å²) in [4.78, 5) is 12.1. The summed E-state index contributed by atoms with van der Waals surface area (Å²) in [6, 6.07) is 14.9. The van der Waals surface area contributed by atoms with Crippen molar-refractivity contribution in [1.29, 1.82) is 0 Å². The molecule has 33 heavy (non-hydrogen) atoms. The van der Waals surface area contributed by atoms with Crippen LogP contribution < -0.4 is 5.43 Å². The Morgan fingerprint density at radius 3 is 2.06 bits per heavy atom. The Morgan fingerprint density at radius 1 is 0.727 bits per heavy atom. The van der Waals surface area contributed by atoms with Gasteiger partial charge in [-0.25, -0.2) is 15.0 Å². The fourth-order valence-corrected chi connectivity index (χ4v) is 2.90. The van der Waals surface area contributed by atoms with Gasteiger partial charge in [-0.05, 0) is 29.8 Å². The molecule has 0 saturated heterocycles. The summed E-state index contributed by atoms with van der Waals surface area (Å²) in [5.74, 6) is 0.213. The molecule has 2 aromatic carbocycles. The number of nitrogens with zero attached hydrogens (tertiary/aromatic N) is 4. The predicted octanol–water partition coefficient (Wildman–Crippen LogP) is 6.18. The van der Waals surface area contributed by atoms with Crippen LogP contribution in [0.1, 0.15) is 16.8 Å². The molecule has 0 atom stereocenters. The monoisotopic (exact) mass is 461 g/mol. The van der Waals surface area contributed by atoms with Crippen LogP contribution in [0.15, 0.2) is 71.8 Å². The van der Waals surface area contributed by atoms with E-state index >= 15 is 0 Å². The van der Waals surface area contributed by atoms with Crippen molar-refractivity contribution in [2.24, 2.45) is 5.10 Å². The maximum absolute atomic E-state index is 13.1. The Kier molecular flexibility index (Phi) is 5.71. The third-order valence-corrected chi connectivity index (χ3v) is 4.50. The molecule has 0 spiro atoms. The molecular formula is C22H13F6N5. The van der Waals surface area contributed by atoms with Gasteiger partial charge in [-0.3, -0.25) is 5.43 Å². The van der Waals surface area contributed by atoms with Crippen LogP contribution in [-0.2, 0) is 12.4 Å². The van der Waals surface area contributed by atoms with E-state index in [0.29, 0.717) is 11.1 Å². The molecule has 0 radical (unpaired) electrons. The van der Waals surface area contributed by atoms with Crippen LogP contribution >= 0.6 is 0 Å². The first-order chi connectivity index (χ1) is 15.6. The first-order valence-electron chi connectivity index (χ1n) is 9.39. The fourth-order valence-electron chi connectivity index (χ4n) is 2.90. The van der Waals surface area contributed by atoms with E-state index in [1.807, 2.05) is 0 Å². The molecule has 0 aliphatic heterocycles. The van der Waals surface area contributed by atoms with Gasteiger partial charge < -0.3 is 0 Å². The lowest BCUT2D eigenvalue weighted by Gasteiger charge is -2.10. The Balaban J connectivity index is 1.70. The number of fused-ring (bicyclic) bond motifs is 1. The predicted molar refractivity (Wildman–Crippen MR) is 110 cm³/mol. The lowest BCUT2D eigenvalue weighted by atomic mass is 10.1. The van der Waals surface area contributed by atoms with Crippen molar-refractivity contribution in [3.63, 3.8) is 0 Å². The number of halogens is 6. The Morgan fingerprint density at radius 2 is 1.42 bits per heavy atom. The van der Waals surface area contributed by atoms with Crippen molar-refractivity contribution in [2.45, 2.75) is 12.4 Å². The van der Waals surface area contributed by atoms with Gasteiger partial charge in [0.15, 0.2) is 17.3 Å². The van der Waals surface area contributed by atoms with E-state index in [1.54, 1.807) is 30.3 Å². The molecular weight excluding hydrogens is 448 g/mol. The molecule has 11 heteroatoms. The highest BCUT2D eigenvalue weighted by Gasteiger charge is 2.33. The van der Waals surface area contributed by atoms with Crippen LogP contribution in [0.2, 0.25) is 0 Å². The zero-order valence-electron chi connectivity index (χ0n) is 16.5. The standard InChI is InChI=1S/C22H13F6N5/c23-21(24,25)15-8-6-13(7-9-15)12-29-33-20-16-10-11-17(22(26,27)28)30-19(16)31-18(32-20)14-4-2-1-3-5-14/h1-12H,(H,30,31,32,33). The van der Waals surface area contributed by atoms with E-state index in [1.165, 1.54) is 24.4 Å². The van der Waals surface area contributed by atoms with Crippen molar-refractivity contribution in [3.05, 3.63) is 83.6 Å². The van der Waals surface area contributed by atoms with E-state index in [2.05, 4.69) is 25.5 Å². The molecule has 1 N–H and O–H groups in total. The second-order valence-electron chi connectivity index (χ2n) is 6.82. The minimum Gasteiger partial charge on any atom is -0.261 e. The van der Waals surface area contributed by atoms with Crippen molar-refractivity contribution < 1.29 is 26.3 Å². The molecule has 4 aromatic rings. The summed E-state index contributed by atoms with van der Waals surface area (Å²) in [5, 5.41) is 4.15. The number of aromatic nitrogens is 3. The van der Waals surface area contributed by atoms with Gasteiger partial charge in [0.25, 0.3) is 0 Å². The fraction of sp³-hybridized carbons (Fsp3) is 0.0909. The molecule has 0 amide bonds. The Hall–Kier alpha value is -4.02. The number of alkyl halides is 6. The highest BCUT2D eigenvalue weighted by molar-refractivity contribution is 5.89. The lowest BCUT2D eigenvalue weighted by molar-refractivity contribution is -0.141. The number of rotatable bonds is 4. The Labute approximate surface area is 182 Å². The summed E-state index contributed by atoms with van der Waals surface area (Å²) in [6.45, 7) is 0. The van der Waals surface area contributed by atoms with E-state index in [0.717, 1.165) is 18.2 Å². The molecule has 4 rings (SSSR count). The van der Waals surface area contributed by atoms with Crippen molar-refractivity contribution in [1.82, 2.24) is 15.0 Å². The molecule has 0 aliphatic rings. The van der Waals surface area contributed by atoms with Gasteiger partial charge in [-0.2, -0.15) is 31.4 Å². The van der Waals surface area contributed by atoms with Crippen LogP contribution in [0.3, 0.4) is 0 Å². The molecule has 5 nitrogen and oxygen atoms in total. The zero-order chi connectivity index (χ0) is 23.6. The van der Waals surface area contributed by atoms with Gasteiger partial charge in [0.1, 0.15) is 5.69 Å². The van der Waals surface area contributed by atoms with Crippen LogP contribution in [0.4, 0.5) is 32.2 Å². The highest BCUT2D eigenvalue weighted by Crippen LogP contribution is 2.31. The highest BCUT2D eigenvalue weighted by atomic mass is 19.4. The van der Waals surface area contributed by atoms with E-state index in [9.17, 15) is 26.3 Å². The summed E-state index contributed by atoms with van der Waals surface area (Å²) in [5.41, 5.74) is 1.45. The third-order valence-electron chi connectivity index (χ3n) is 4.50. The van der Waals surface area contributed by atoms with Crippen molar-refractivity contribution in [2.75, 3.05) is 5.43 Å². The van der Waals surface area contributed by atoms with E-state index < -0.39 is 23.6 Å². The van der Waals surface area contributed by atoms with Crippen molar-refractivity contribution in [3.8, 4) is 11.4 Å². The molecule has 2 heterocycles. The molecule has 0 unspecified atom stereocenters. The van der Waals surface area contributed by atoms with Crippen LogP contribution in [0.25, 0.3) is 22.4 Å². The number of benzene rings is 2. The summed E-state index contributed by atoms with van der Waals surface area (Å²) >= 11 is 0. The van der Waals surface area contributed by atoms with Gasteiger partial charge in [0.2, 0.25) is 0 Å². The number of pyridine rings is 1. The number of hydrogen-bond acceptors (Lipinski definition) is 5. The summed E-state index contributed by atoms with van der Waals surface area (Å²) in [7, 11) is 0. The van der Waals surface area contributed by atoms with Gasteiger partial charge >= 0.3 is 12.4 Å². The van der Waals surface area contributed by atoms with Gasteiger partial charge in [0, 0.05) is 5.56 Å². The van der Waals surface area contributed by atoms with Crippen molar-refractivity contribution >= 4 is 23.1 Å². The molecule has 0 fully saturated rings. The molecule has 168 valence electrons. The van der Waals surface area contributed by atoms with Crippen LogP contribution in [0, 0.1) is 0 Å². The number of hydrogen-bond donors (Lipinski definition) is 1.